The molecule has 0 aliphatic carbocycles. The quantitative estimate of drug-likeness (QED) is 0.833. The lowest BCUT2D eigenvalue weighted by atomic mass is 9.93. The number of halogens is 1. The van der Waals surface area contributed by atoms with Gasteiger partial charge in [-0.15, -0.1) is 11.8 Å². The Bertz CT molecular complexity index is 531. The van der Waals surface area contributed by atoms with Gasteiger partial charge in [0.25, 0.3) is 5.91 Å². The Morgan fingerprint density at radius 1 is 1.41 bits per heavy atom. The van der Waals surface area contributed by atoms with Crippen molar-refractivity contribution in [2.75, 3.05) is 32.1 Å². The summed E-state index contributed by atoms with van der Waals surface area (Å²) in [5, 5.41) is 0. The third-order valence-electron chi connectivity index (χ3n) is 4.06. The molecule has 1 aromatic carbocycles. The minimum absolute atomic E-state index is 0.00126. The van der Waals surface area contributed by atoms with E-state index < -0.39 is 0 Å². The molecule has 0 radical (unpaired) electrons. The van der Waals surface area contributed by atoms with Crippen LogP contribution in [-0.4, -0.2) is 53.7 Å². The van der Waals surface area contributed by atoms with E-state index in [1.807, 2.05) is 23.6 Å². The van der Waals surface area contributed by atoms with E-state index in [1.54, 1.807) is 0 Å². The van der Waals surface area contributed by atoms with Crippen LogP contribution in [0.3, 0.4) is 0 Å². The molecule has 4 nitrogen and oxygen atoms in total. The molecule has 6 heteroatoms. The van der Waals surface area contributed by atoms with E-state index in [0.29, 0.717) is 11.9 Å². The average molecular weight is 325 g/mol. The highest BCUT2D eigenvalue weighted by atomic mass is 32.2. The maximum atomic E-state index is 12.8. The van der Waals surface area contributed by atoms with E-state index >= 15 is 0 Å². The summed E-state index contributed by atoms with van der Waals surface area (Å²) in [6.45, 7) is 4.30. The van der Waals surface area contributed by atoms with Gasteiger partial charge in [-0.3, -0.25) is 4.79 Å². The van der Waals surface area contributed by atoms with Gasteiger partial charge in [0.2, 0.25) is 0 Å². The molecule has 0 N–H and O–H groups in total. The number of nitrogens with zero attached hydrogens (tertiary/aromatic N) is 1. The van der Waals surface area contributed by atoms with Crippen LogP contribution >= 0.6 is 11.8 Å². The molecule has 0 unspecified atom stereocenters. The van der Waals surface area contributed by atoms with Crippen molar-refractivity contribution in [3.63, 3.8) is 0 Å². The van der Waals surface area contributed by atoms with Crippen LogP contribution in [0.15, 0.2) is 24.3 Å². The summed E-state index contributed by atoms with van der Waals surface area (Å²) in [6.07, 6.45) is 1.34. The standard InChI is InChI=1S/C16H20FNO3S/c1-2-20-14-7-16(22-9-14)10-18(11-16)15(19)8-21-13-5-3-12(17)4-6-13/h3-6,14H,2,7-11H2,1H3/t14-/m1/s1. The van der Waals surface area contributed by atoms with Crippen LogP contribution in [0.4, 0.5) is 4.39 Å². The Hall–Kier alpha value is -1.27. The summed E-state index contributed by atoms with van der Waals surface area (Å²) >= 11 is 1.92. The summed E-state index contributed by atoms with van der Waals surface area (Å²) in [5.74, 6) is 1.19. The molecule has 22 heavy (non-hydrogen) atoms. The molecule has 2 aliphatic heterocycles. The van der Waals surface area contributed by atoms with Crippen LogP contribution in [0.25, 0.3) is 0 Å². The number of hydrogen-bond donors (Lipinski definition) is 0. The SMILES string of the molecule is CCO[C@H]1CSC2(C1)CN(C(=O)COc1ccc(F)cc1)C2. The van der Waals surface area contributed by atoms with E-state index in [4.69, 9.17) is 9.47 Å². The predicted octanol–water partition coefficient (Wildman–Crippen LogP) is 2.33. The highest BCUT2D eigenvalue weighted by Crippen LogP contribution is 2.45. The van der Waals surface area contributed by atoms with Gasteiger partial charge in [-0.2, -0.15) is 0 Å². The number of carbonyl (C=O) groups excluding carboxylic acids is 1. The summed E-state index contributed by atoms with van der Waals surface area (Å²) < 4.78 is 24.0. The van der Waals surface area contributed by atoms with Crippen molar-refractivity contribution in [3.8, 4) is 5.75 Å². The van der Waals surface area contributed by atoms with Crippen LogP contribution in [-0.2, 0) is 9.53 Å². The molecule has 1 atom stereocenters. The van der Waals surface area contributed by atoms with Crippen molar-refractivity contribution in [1.82, 2.24) is 4.90 Å². The van der Waals surface area contributed by atoms with Gasteiger partial charge >= 0.3 is 0 Å². The average Bonchev–Trinajstić information content (AvgIpc) is 2.90. The van der Waals surface area contributed by atoms with E-state index in [-0.39, 0.29) is 23.1 Å². The molecule has 2 heterocycles. The number of likely N-dealkylation sites (tertiary alicyclic amines) is 1. The second-order valence-electron chi connectivity index (χ2n) is 5.77. The van der Waals surface area contributed by atoms with Gasteiger partial charge in [-0.1, -0.05) is 0 Å². The van der Waals surface area contributed by atoms with Crippen LogP contribution in [0, 0.1) is 5.82 Å². The molecule has 1 spiro atoms. The molecule has 3 rings (SSSR count). The Morgan fingerprint density at radius 2 is 2.14 bits per heavy atom. The van der Waals surface area contributed by atoms with E-state index in [1.165, 1.54) is 24.3 Å². The Balaban J connectivity index is 1.43. The molecule has 2 aliphatic rings. The normalized spacial score (nSPS) is 22.6. The van der Waals surface area contributed by atoms with Crippen molar-refractivity contribution in [3.05, 3.63) is 30.1 Å². The second-order valence-corrected chi connectivity index (χ2v) is 7.26. The first kappa shape index (κ1) is 15.6. The van der Waals surface area contributed by atoms with Crippen molar-refractivity contribution in [1.29, 1.82) is 0 Å². The van der Waals surface area contributed by atoms with Gasteiger partial charge < -0.3 is 14.4 Å². The first-order valence-electron chi connectivity index (χ1n) is 7.52. The number of amides is 1. The Kier molecular flexibility index (Phi) is 4.59. The molecule has 2 fully saturated rings. The fraction of sp³-hybridized carbons (Fsp3) is 0.562. The minimum atomic E-state index is -0.314. The number of rotatable bonds is 5. The molecule has 2 saturated heterocycles. The maximum Gasteiger partial charge on any atom is 0.260 e. The largest absolute Gasteiger partial charge is 0.484 e. The topological polar surface area (TPSA) is 38.8 Å². The molecule has 0 bridgehead atoms. The first-order valence-corrected chi connectivity index (χ1v) is 8.50. The molecule has 120 valence electrons. The van der Waals surface area contributed by atoms with Crippen molar-refractivity contribution in [2.24, 2.45) is 0 Å². The maximum absolute atomic E-state index is 12.8. The first-order chi connectivity index (χ1) is 10.6. The third-order valence-corrected chi connectivity index (χ3v) is 5.64. The Morgan fingerprint density at radius 3 is 2.82 bits per heavy atom. The smallest absolute Gasteiger partial charge is 0.260 e. The number of benzene rings is 1. The molecule has 1 amide bonds. The molecule has 1 aromatic rings. The molecule has 0 saturated carbocycles. The van der Waals surface area contributed by atoms with Crippen LogP contribution in [0.2, 0.25) is 0 Å². The van der Waals surface area contributed by atoms with E-state index in [0.717, 1.165) is 31.9 Å². The van der Waals surface area contributed by atoms with Crippen molar-refractivity contribution in [2.45, 2.75) is 24.2 Å². The zero-order valence-electron chi connectivity index (χ0n) is 12.6. The zero-order valence-corrected chi connectivity index (χ0v) is 13.4. The van der Waals surface area contributed by atoms with Gasteiger partial charge in [0.1, 0.15) is 11.6 Å². The third kappa shape index (κ3) is 3.38. The van der Waals surface area contributed by atoms with Gasteiger partial charge in [0, 0.05) is 25.4 Å². The fourth-order valence-corrected chi connectivity index (χ4v) is 4.51. The van der Waals surface area contributed by atoms with Crippen LogP contribution < -0.4 is 4.74 Å². The summed E-state index contributed by atoms with van der Waals surface area (Å²) in [5.41, 5.74) is 0. The summed E-state index contributed by atoms with van der Waals surface area (Å²) in [6, 6.07) is 5.70. The summed E-state index contributed by atoms with van der Waals surface area (Å²) in [7, 11) is 0. The molecular formula is C16H20FNO3S. The zero-order chi connectivity index (χ0) is 15.6. The minimum Gasteiger partial charge on any atom is -0.484 e. The highest BCUT2D eigenvalue weighted by Gasteiger charge is 2.50. The van der Waals surface area contributed by atoms with Gasteiger partial charge in [0.15, 0.2) is 6.61 Å². The number of hydrogen-bond acceptors (Lipinski definition) is 4. The monoisotopic (exact) mass is 325 g/mol. The predicted molar refractivity (Wildman–Crippen MR) is 83.7 cm³/mol. The lowest BCUT2D eigenvalue weighted by Crippen LogP contribution is -2.61. The number of ether oxygens (including phenoxy) is 2. The molecular weight excluding hydrogens is 305 g/mol. The van der Waals surface area contributed by atoms with Crippen molar-refractivity contribution >= 4 is 17.7 Å². The second kappa shape index (κ2) is 6.46. The van der Waals surface area contributed by atoms with E-state index in [2.05, 4.69) is 0 Å². The van der Waals surface area contributed by atoms with Gasteiger partial charge in [-0.05, 0) is 37.6 Å². The van der Waals surface area contributed by atoms with Crippen LogP contribution in [0.5, 0.6) is 5.75 Å². The Labute approximate surface area is 134 Å². The number of carbonyl (C=O) groups is 1. The van der Waals surface area contributed by atoms with Gasteiger partial charge in [-0.25, -0.2) is 4.39 Å². The molecule has 0 aromatic heterocycles. The lowest BCUT2D eigenvalue weighted by Gasteiger charge is -2.47. The summed E-state index contributed by atoms with van der Waals surface area (Å²) in [4.78, 5) is 13.9. The van der Waals surface area contributed by atoms with Crippen molar-refractivity contribution < 1.29 is 18.7 Å². The highest BCUT2D eigenvalue weighted by molar-refractivity contribution is 8.01. The van der Waals surface area contributed by atoms with Crippen LogP contribution in [0.1, 0.15) is 13.3 Å². The van der Waals surface area contributed by atoms with E-state index in [9.17, 15) is 9.18 Å². The number of thioether (sulfide) groups is 1. The lowest BCUT2D eigenvalue weighted by molar-refractivity contribution is -0.139. The van der Waals surface area contributed by atoms with Gasteiger partial charge in [0.05, 0.1) is 10.9 Å². The fourth-order valence-electron chi connectivity index (χ4n) is 2.96.